The summed E-state index contributed by atoms with van der Waals surface area (Å²) in [5.41, 5.74) is 2.15. The molecule has 1 aromatic carbocycles. The fourth-order valence-corrected chi connectivity index (χ4v) is 4.46. The van der Waals surface area contributed by atoms with Gasteiger partial charge in [0.1, 0.15) is 11.6 Å². The van der Waals surface area contributed by atoms with Crippen molar-refractivity contribution < 1.29 is 4.74 Å². The smallest absolute Gasteiger partial charge is 0.128 e. The second-order valence-corrected chi connectivity index (χ2v) is 7.31. The second kappa shape index (κ2) is 6.09. The van der Waals surface area contributed by atoms with Gasteiger partial charge in [0.2, 0.25) is 0 Å². The Kier molecular flexibility index (Phi) is 4.36. The number of nitrogens with zero attached hydrogens (tertiary/aromatic N) is 2. The van der Waals surface area contributed by atoms with Crippen LogP contribution in [0.1, 0.15) is 43.4 Å². The zero-order valence-corrected chi connectivity index (χ0v) is 14.2. The van der Waals surface area contributed by atoms with Crippen molar-refractivity contribution in [2.75, 3.05) is 13.4 Å². The van der Waals surface area contributed by atoms with Crippen molar-refractivity contribution in [2.24, 2.45) is 0 Å². The Bertz CT molecular complexity index is 640. The number of fused-ring (bicyclic) bond motifs is 1. The lowest BCUT2D eigenvalue weighted by atomic mass is 10.2. The van der Waals surface area contributed by atoms with Gasteiger partial charge in [-0.2, -0.15) is 11.8 Å². The fourth-order valence-electron chi connectivity index (χ4n) is 3.33. The van der Waals surface area contributed by atoms with Crippen molar-refractivity contribution in [3.05, 3.63) is 24.0 Å². The van der Waals surface area contributed by atoms with Crippen LogP contribution in [0.15, 0.2) is 18.2 Å². The molecule has 1 aromatic heterocycles. The average Bonchev–Trinajstić information content (AvgIpc) is 3.09. The summed E-state index contributed by atoms with van der Waals surface area (Å²) in [6.45, 7) is 2.00. The molecule has 0 aliphatic heterocycles. The Morgan fingerprint density at radius 2 is 2.24 bits per heavy atom. The SMILES string of the molecule is COc1ccc2c(c1)nc(C(C)Cl)n2C1CCCC1SC. The molecule has 114 valence electrons. The third kappa shape index (κ3) is 2.64. The third-order valence-corrected chi connectivity index (χ3v) is 5.68. The number of hydrogen-bond acceptors (Lipinski definition) is 3. The average molecular weight is 325 g/mol. The maximum Gasteiger partial charge on any atom is 0.128 e. The summed E-state index contributed by atoms with van der Waals surface area (Å²) in [4.78, 5) is 4.78. The largest absolute Gasteiger partial charge is 0.497 e. The third-order valence-electron chi connectivity index (χ3n) is 4.33. The van der Waals surface area contributed by atoms with Crippen LogP contribution in [0, 0.1) is 0 Å². The highest BCUT2D eigenvalue weighted by atomic mass is 35.5. The van der Waals surface area contributed by atoms with E-state index >= 15 is 0 Å². The number of halogens is 1. The molecule has 0 spiro atoms. The lowest BCUT2D eigenvalue weighted by Gasteiger charge is -2.23. The lowest BCUT2D eigenvalue weighted by Crippen LogP contribution is -2.18. The minimum Gasteiger partial charge on any atom is -0.497 e. The Hall–Kier alpha value is -0.870. The van der Waals surface area contributed by atoms with E-state index < -0.39 is 0 Å². The van der Waals surface area contributed by atoms with Crippen molar-refractivity contribution in [1.82, 2.24) is 9.55 Å². The molecule has 0 N–H and O–H groups in total. The van der Waals surface area contributed by atoms with Crippen LogP contribution in [0.25, 0.3) is 11.0 Å². The summed E-state index contributed by atoms with van der Waals surface area (Å²) in [7, 11) is 1.68. The Labute approximate surface area is 135 Å². The first-order chi connectivity index (χ1) is 10.2. The van der Waals surface area contributed by atoms with Gasteiger partial charge in [0.15, 0.2) is 0 Å². The molecule has 0 amide bonds. The molecule has 3 unspecified atom stereocenters. The van der Waals surface area contributed by atoms with Gasteiger partial charge in [-0.3, -0.25) is 0 Å². The molecule has 1 heterocycles. The lowest BCUT2D eigenvalue weighted by molar-refractivity contribution is 0.415. The predicted octanol–water partition coefficient (Wildman–Crippen LogP) is 4.80. The van der Waals surface area contributed by atoms with Crippen LogP contribution >= 0.6 is 23.4 Å². The Morgan fingerprint density at radius 1 is 1.43 bits per heavy atom. The van der Waals surface area contributed by atoms with Crippen LogP contribution in [0.5, 0.6) is 5.75 Å². The minimum atomic E-state index is -0.0912. The standard InChI is InChI=1S/C16H21ClN2OS/c1-10(17)16-18-12-9-11(20-2)7-8-13(12)19(16)14-5-4-6-15(14)21-3/h7-10,14-15H,4-6H2,1-3H3. The Morgan fingerprint density at radius 3 is 2.90 bits per heavy atom. The van der Waals surface area contributed by atoms with Crippen molar-refractivity contribution in [1.29, 1.82) is 0 Å². The first kappa shape index (κ1) is 15.0. The number of thioether (sulfide) groups is 1. The van der Waals surface area contributed by atoms with Gasteiger partial charge in [-0.25, -0.2) is 4.98 Å². The highest BCUT2D eigenvalue weighted by Crippen LogP contribution is 2.41. The number of imidazole rings is 1. The van der Waals surface area contributed by atoms with Crippen LogP contribution < -0.4 is 4.74 Å². The quantitative estimate of drug-likeness (QED) is 0.756. The summed E-state index contributed by atoms with van der Waals surface area (Å²) >= 11 is 8.36. The van der Waals surface area contributed by atoms with E-state index in [1.54, 1.807) is 7.11 Å². The number of benzene rings is 1. The van der Waals surface area contributed by atoms with E-state index in [0.29, 0.717) is 11.3 Å². The van der Waals surface area contributed by atoms with E-state index in [2.05, 4.69) is 16.9 Å². The van der Waals surface area contributed by atoms with Crippen LogP contribution in [0.3, 0.4) is 0 Å². The maximum atomic E-state index is 6.40. The number of hydrogen-bond donors (Lipinski definition) is 0. The molecular weight excluding hydrogens is 304 g/mol. The van der Waals surface area contributed by atoms with Crippen LogP contribution in [0.4, 0.5) is 0 Å². The van der Waals surface area contributed by atoms with Gasteiger partial charge in [-0.15, -0.1) is 11.6 Å². The fraction of sp³-hybridized carbons (Fsp3) is 0.562. The molecule has 3 atom stereocenters. The highest BCUT2D eigenvalue weighted by molar-refractivity contribution is 7.99. The predicted molar refractivity (Wildman–Crippen MR) is 90.7 cm³/mol. The monoisotopic (exact) mass is 324 g/mol. The molecule has 0 saturated heterocycles. The zero-order chi connectivity index (χ0) is 15.0. The number of alkyl halides is 1. The van der Waals surface area contributed by atoms with Gasteiger partial charge in [0, 0.05) is 17.4 Å². The van der Waals surface area contributed by atoms with Crippen LogP contribution in [0.2, 0.25) is 0 Å². The van der Waals surface area contributed by atoms with Crippen molar-refractivity contribution in [2.45, 2.75) is 42.9 Å². The Balaban J connectivity index is 2.16. The number of rotatable bonds is 4. The molecule has 1 aliphatic rings. The van der Waals surface area contributed by atoms with Crippen LogP contribution in [-0.2, 0) is 0 Å². The molecule has 5 heteroatoms. The van der Waals surface area contributed by atoms with Crippen LogP contribution in [-0.4, -0.2) is 28.2 Å². The molecular formula is C16H21ClN2OS. The summed E-state index contributed by atoms with van der Waals surface area (Å²) < 4.78 is 7.69. The number of ether oxygens (including phenoxy) is 1. The van der Waals surface area contributed by atoms with E-state index in [-0.39, 0.29) is 5.38 Å². The van der Waals surface area contributed by atoms with E-state index in [9.17, 15) is 0 Å². The first-order valence-corrected chi connectivity index (χ1v) is 9.11. The van der Waals surface area contributed by atoms with Crippen molar-refractivity contribution >= 4 is 34.4 Å². The number of aromatic nitrogens is 2. The van der Waals surface area contributed by atoms with E-state index in [4.69, 9.17) is 21.3 Å². The van der Waals surface area contributed by atoms with Gasteiger partial charge >= 0.3 is 0 Å². The molecule has 1 saturated carbocycles. The van der Waals surface area contributed by atoms with E-state index in [0.717, 1.165) is 17.1 Å². The van der Waals surface area contributed by atoms with Gasteiger partial charge in [0.25, 0.3) is 0 Å². The molecule has 2 aromatic rings. The van der Waals surface area contributed by atoms with Gasteiger partial charge < -0.3 is 9.30 Å². The summed E-state index contributed by atoms with van der Waals surface area (Å²) in [6.07, 6.45) is 5.97. The molecule has 21 heavy (non-hydrogen) atoms. The topological polar surface area (TPSA) is 27.1 Å². The molecule has 3 rings (SSSR count). The summed E-state index contributed by atoms with van der Waals surface area (Å²) in [6, 6.07) is 6.61. The molecule has 1 aliphatic carbocycles. The van der Waals surface area contributed by atoms with Crippen molar-refractivity contribution in [3.8, 4) is 5.75 Å². The summed E-state index contributed by atoms with van der Waals surface area (Å²) in [5.74, 6) is 1.82. The van der Waals surface area contributed by atoms with Gasteiger partial charge in [-0.05, 0) is 38.2 Å². The maximum absolute atomic E-state index is 6.40. The van der Waals surface area contributed by atoms with E-state index in [1.807, 2.05) is 30.8 Å². The first-order valence-electron chi connectivity index (χ1n) is 7.38. The van der Waals surface area contributed by atoms with Gasteiger partial charge in [-0.1, -0.05) is 6.42 Å². The normalized spacial score (nSPS) is 23.6. The van der Waals surface area contributed by atoms with Gasteiger partial charge in [0.05, 0.1) is 23.5 Å². The number of methoxy groups -OCH3 is 1. The highest BCUT2D eigenvalue weighted by Gasteiger charge is 2.31. The summed E-state index contributed by atoms with van der Waals surface area (Å²) in [5, 5.41) is 0.560. The molecule has 1 fully saturated rings. The molecule has 3 nitrogen and oxygen atoms in total. The van der Waals surface area contributed by atoms with Crippen molar-refractivity contribution in [3.63, 3.8) is 0 Å². The molecule has 0 bridgehead atoms. The molecule has 0 radical (unpaired) electrons. The zero-order valence-electron chi connectivity index (χ0n) is 12.7. The van der Waals surface area contributed by atoms with E-state index in [1.165, 1.54) is 24.8 Å². The minimum absolute atomic E-state index is 0.0912. The second-order valence-electron chi connectivity index (χ2n) is 5.58.